The molecule has 1 aromatic carbocycles. The highest BCUT2D eigenvalue weighted by atomic mass is 19.1. The lowest BCUT2D eigenvalue weighted by Crippen LogP contribution is -2.39. The van der Waals surface area contributed by atoms with Crippen LogP contribution in [0.5, 0.6) is 0 Å². The second kappa shape index (κ2) is 4.19. The minimum Gasteiger partial charge on any atom is -0.338 e. The lowest BCUT2D eigenvalue weighted by molar-refractivity contribution is 0.0874. The van der Waals surface area contributed by atoms with E-state index in [-0.39, 0.29) is 0 Å². The first-order valence-electron chi connectivity index (χ1n) is 5.91. The van der Waals surface area contributed by atoms with E-state index in [1.54, 1.807) is 13.8 Å². The topological polar surface area (TPSA) is 38.9 Å². The highest BCUT2D eigenvalue weighted by Crippen LogP contribution is 2.37. The first kappa shape index (κ1) is 12.7. The molecule has 0 aliphatic heterocycles. The van der Waals surface area contributed by atoms with Crippen molar-refractivity contribution in [3.8, 4) is 11.4 Å². The van der Waals surface area contributed by atoms with E-state index in [2.05, 4.69) is 10.1 Å². The predicted octanol–water partition coefficient (Wildman–Crippen LogP) is 3.76. The average Bonchev–Trinajstić information content (AvgIpc) is 2.78. The molecule has 0 saturated heterocycles. The Morgan fingerprint density at radius 2 is 1.67 bits per heavy atom. The van der Waals surface area contributed by atoms with Crippen molar-refractivity contribution in [1.82, 2.24) is 10.1 Å². The minimum absolute atomic E-state index is 0.314. The van der Waals surface area contributed by atoms with Gasteiger partial charge in [-0.25, -0.2) is 4.39 Å². The number of hydrogen-bond donors (Lipinski definition) is 0. The second-order valence-electron chi connectivity index (χ2n) is 5.39. The molecule has 0 aliphatic rings. The Morgan fingerprint density at radius 1 is 1.06 bits per heavy atom. The molecule has 96 valence electrons. The van der Waals surface area contributed by atoms with Crippen LogP contribution < -0.4 is 0 Å². The fourth-order valence-electron chi connectivity index (χ4n) is 1.44. The number of benzene rings is 1. The molecule has 0 unspecified atom stereocenters. The molecular weight excluding hydrogens is 231 g/mol. The van der Waals surface area contributed by atoms with Gasteiger partial charge in [0.25, 0.3) is 0 Å². The van der Waals surface area contributed by atoms with Crippen LogP contribution in [0.2, 0.25) is 0 Å². The average molecular weight is 248 g/mol. The number of rotatable bonds is 3. The Kier molecular flexibility index (Phi) is 2.97. The van der Waals surface area contributed by atoms with Gasteiger partial charge in [0, 0.05) is 5.56 Å². The molecule has 4 heteroatoms. The van der Waals surface area contributed by atoms with E-state index in [1.165, 1.54) is 13.8 Å². The van der Waals surface area contributed by atoms with Crippen molar-refractivity contribution in [2.45, 2.75) is 38.8 Å². The minimum atomic E-state index is -1.44. The van der Waals surface area contributed by atoms with Gasteiger partial charge >= 0.3 is 0 Å². The summed E-state index contributed by atoms with van der Waals surface area (Å²) >= 11 is 0. The molecule has 0 fully saturated rings. The van der Waals surface area contributed by atoms with Gasteiger partial charge in [-0.15, -0.1) is 0 Å². The van der Waals surface area contributed by atoms with Crippen LogP contribution in [-0.4, -0.2) is 15.8 Å². The zero-order chi connectivity index (χ0) is 13.4. The highest BCUT2D eigenvalue weighted by molar-refractivity contribution is 5.53. The maximum absolute atomic E-state index is 14.1. The second-order valence-corrected chi connectivity index (χ2v) is 5.39. The zero-order valence-corrected chi connectivity index (χ0v) is 11.1. The molecule has 0 radical (unpaired) electrons. The summed E-state index contributed by atoms with van der Waals surface area (Å²) in [5, 5.41) is 3.91. The Bertz CT molecular complexity index is 526. The SMILES string of the molecule is CC(C)(F)C(C)(C)c1nc(-c2ccccc2)no1. The van der Waals surface area contributed by atoms with E-state index in [4.69, 9.17) is 4.52 Å². The van der Waals surface area contributed by atoms with Crippen molar-refractivity contribution in [2.75, 3.05) is 0 Å². The maximum Gasteiger partial charge on any atom is 0.235 e. The summed E-state index contributed by atoms with van der Waals surface area (Å²) in [4.78, 5) is 4.30. The first-order valence-corrected chi connectivity index (χ1v) is 5.91. The van der Waals surface area contributed by atoms with E-state index < -0.39 is 11.1 Å². The van der Waals surface area contributed by atoms with E-state index >= 15 is 0 Å². The molecule has 2 aromatic rings. The van der Waals surface area contributed by atoms with E-state index in [9.17, 15) is 4.39 Å². The fourth-order valence-corrected chi connectivity index (χ4v) is 1.44. The Balaban J connectivity index is 2.38. The van der Waals surface area contributed by atoms with Crippen LogP contribution >= 0.6 is 0 Å². The van der Waals surface area contributed by atoms with Crippen molar-refractivity contribution >= 4 is 0 Å². The van der Waals surface area contributed by atoms with Crippen molar-refractivity contribution in [3.05, 3.63) is 36.2 Å². The van der Waals surface area contributed by atoms with Crippen LogP contribution in [0.3, 0.4) is 0 Å². The van der Waals surface area contributed by atoms with Crippen LogP contribution in [0, 0.1) is 0 Å². The number of aromatic nitrogens is 2. The molecule has 0 spiro atoms. The van der Waals surface area contributed by atoms with E-state index in [0.717, 1.165) is 5.56 Å². The van der Waals surface area contributed by atoms with Crippen LogP contribution in [0.25, 0.3) is 11.4 Å². The normalized spacial score (nSPS) is 12.7. The summed E-state index contributed by atoms with van der Waals surface area (Å²) in [5.41, 5.74) is -1.40. The van der Waals surface area contributed by atoms with Crippen molar-refractivity contribution in [2.24, 2.45) is 0 Å². The summed E-state index contributed by atoms with van der Waals surface area (Å²) in [6.45, 7) is 6.54. The molecule has 0 saturated carbocycles. The third-order valence-corrected chi connectivity index (χ3v) is 3.48. The first-order chi connectivity index (χ1) is 8.32. The van der Waals surface area contributed by atoms with Crippen LogP contribution in [0.15, 0.2) is 34.9 Å². The van der Waals surface area contributed by atoms with Gasteiger partial charge in [0.1, 0.15) is 5.67 Å². The largest absolute Gasteiger partial charge is 0.338 e. The molecule has 0 bridgehead atoms. The van der Waals surface area contributed by atoms with Crippen molar-refractivity contribution < 1.29 is 8.91 Å². The van der Waals surface area contributed by atoms with Crippen molar-refractivity contribution in [3.63, 3.8) is 0 Å². The zero-order valence-electron chi connectivity index (χ0n) is 11.1. The Morgan fingerprint density at radius 3 is 2.22 bits per heavy atom. The molecule has 0 atom stereocenters. The molecule has 1 aromatic heterocycles. The molecule has 3 nitrogen and oxygen atoms in total. The van der Waals surface area contributed by atoms with Crippen LogP contribution in [-0.2, 0) is 5.41 Å². The van der Waals surface area contributed by atoms with Gasteiger partial charge in [0.15, 0.2) is 0 Å². The van der Waals surface area contributed by atoms with Gasteiger partial charge in [-0.2, -0.15) is 4.98 Å². The third kappa shape index (κ3) is 2.15. The maximum atomic E-state index is 14.1. The van der Waals surface area contributed by atoms with E-state index in [0.29, 0.717) is 11.7 Å². The molecule has 18 heavy (non-hydrogen) atoms. The third-order valence-electron chi connectivity index (χ3n) is 3.48. The van der Waals surface area contributed by atoms with Gasteiger partial charge in [-0.05, 0) is 27.7 Å². The molecule has 0 aliphatic carbocycles. The smallest absolute Gasteiger partial charge is 0.235 e. The quantitative estimate of drug-likeness (QED) is 0.830. The van der Waals surface area contributed by atoms with Crippen LogP contribution in [0.1, 0.15) is 33.6 Å². The van der Waals surface area contributed by atoms with E-state index in [1.807, 2.05) is 30.3 Å². The monoisotopic (exact) mass is 248 g/mol. The predicted molar refractivity (Wildman–Crippen MR) is 67.9 cm³/mol. The number of alkyl halides is 1. The lowest BCUT2D eigenvalue weighted by atomic mass is 9.78. The van der Waals surface area contributed by atoms with Gasteiger partial charge < -0.3 is 4.52 Å². The van der Waals surface area contributed by atoms with Gasteiger partial charge in [-0.1, -0.05) is 35.5 Å². The number of halogens is 1. The van der Waals surface area contributed by atoms with Crippen LogP contribution in [0.4, 0.5) is 4.39 Å². The molecule has 2 rings (SSSR count). The molecule has 0 amide bonds. The summed E-state index contributed by atoms with van der Waals surface area (Å²) in [7, 11) is 0. The number of hydrogen-bond acceptors (Lipinski definition) is 3. The fraction of sp³-hybridized carbons (Fsp3) is 0.429. The highest BCUT2D eigenvalue weighted by Gasteiger charge is 2.43. The van der Waals surface area contributed by atoms with Crippen molar-refractivity contribution in [1.29, 1.82) is 0 Å². The lowest BCUT2D eigenvalue weighted by Gasteiger charge is -2.30. The Labute approximate surface area is 106 Å². The summed E-state index contributed by atoms with van der Waals surface area (Å²) in [6, 6.07) is 9.49. The summed E-state index contributed by atoms with van der Waals surface area (Å²) in [5.74, 6) is 0.803. The van der Waals surface area contributed by atoms with Gasteiger partial charge in [0.05, 0.1) is 5.41 Å². The summed E-state index contributed by atoms with van der Waals surface area (Å²) < 4.78 is 19.3. The molecular formula is C14H17FN2O. The Hall–Kier alpha value is -1.71. The van der Waals surface area contributed by atoms with Gasteiger partial charge in [-0.3, -0.25) is 0 Å². The standard InChI is InChI=1S/C14H17FN2O/c1-13(2,14(3,4)15)12-16-11(17-18-12)10-8-6-5-7-9-10/h5-9H,1-4H3. The molecule has 0 N–H and O–H groups in total. The van der Waals surface area contributed by atoms with Gasteiger partial charge in [0.2, 0.25) is 11.7 Å². The molecule has 1 heterocycles. The summed E-state index contributed by atoms with van der Waals surface area (Å²) in [6.07, 6.45) is 0. The number of nitrogens with zero attached hydrogens (tertiary/aromatic N) is 2.